The molecule has 0 unspecified atom stereocenters. The smallest absolute Gasteiger partial charge is 0.257 e. The fourth-order valence-corrected chi connectivity index (χ4v) is 4.12. The van der Waals surface area contributed by atoms with E-state index in [9.17, 15) is 4.79 Å². The van der Waals surface area contributed by atoms with Crippen LogP contribution in [0, 0.1) is 19.8 Å². The van der Waals surface area contributed by atoms with Crippen LogP contribution in [0.15, 0.2) is 42.5 Å². The molecular weight excluding hydrogens is 456 g/mol. The summed E-state index contributed by atoms with van der Waals surface area (Å²) in [5.74, 6) is 1.48. The van der Waals surface area contributed by atoms with E-state index in [-0.39, 0.29) is 11.0 Å². The highest BCUT2D eigenvalue weighted by Gasteiger charge is 2.14. The van der Waals surface area contributed by atoms with Crippen molar-refractivity contribution in [3.63, 3.8) is 0 Å². The molecule has 33 heavy (non-hydrogen) atoms. The first kappa shape index (κ1) is 22.8. The molecule has 0 aliphatic carbocycles. The molecule has 0 spiro atoms. The summed E-state index contributed by atoms with van der Waals surface area (Å²) in [6.07, 6.45) is 0. The number of thiocarbonyl (C=S) groups is 1. The van der Waals surface area contributed by atoms with Crippen LogP contribution < -0.4 is 15.4 Å². The van der Waals surface area contributed by atoms with Gasteiger partial charge in [0.2, 0.25) is 4.96 Å². The number of fused-ring (bicyclic) bond motifs is 1. The Balaban J connectivity index is 1.45. The third-order valence-electron chi connectivity index (χ3n) is 4.79. The predicted octanol–water partition coefficient (Wildman–Crippen LogP) is 4.63. The minimum Gasteiger partial charge on any atom is -0.493 e. The molecule has 2 N–H and O–H groups in total. The summed E-state index contributed by atoms with van der Waals surface area (Å²) in [5, 5.41) is 19.6. The number of ether oxygens (including phenoxy) is 1. The third-order valence-corrected chi connectivity index (χ3v) is 5.94. The average Bonchev–Trinajstić information content (AvgIpc) is 3.36. The first-order valence-electron chi connectivity index (χ1n) is 10.4. The van der Waals surface area contributed by atoms with E-state index in [1.807, 2.05) is 38.1 Å². The number of nitrogens with zero attached hydrogens (tertiary/aromatic N) is 4. The van der Waals surface area contributed by atoms with E-state index in [4.69, 9.17) is 17.0 Å². The molecule has 0 aliphatic heterocycles. The van der Waals surface area contributed by atoms with Gasteiger partial charge in [0.15, 0.2) is 10.9 Å². The lowest BCUT2D eigenvalue weighted by molar-refractivity contribution is 0.0977. The van der Waals surface area contributed by atoms with Crippen LogP contribution in [0.1, 0.15) is 35.6 Å². The van der Waals surface area contributed by atoms with Crippen molar-refractivity contribution in [1.82, 2.24) is 25.1 Å². The summed E-state index contributed by atoms with van der Waals surface area (Å²) in [7, 11) is 0. The maximum Gasteiger partial charge on any atom is 0.257 e. The molecule has 8 nitrogen and oxygen atoms in total. The molecule has 0 saturated carbocycles. The van der Waals surface area contributed by atoms with Crippen molar-refractivity contribution in [3.8, 4) is 16.3 Å². The molecule has 170 valence electrons. The number of nitrogens with one attached hydrogen (secondary N) is 2. The van der Waals surface area contributed by atoms with Crippen LogP contribution in [-0.2, 0) is 0 Å². The second kappa shape index (κ2) is 9.63. The second-order valence-corrected chi connectivity index (χ2v) is 9.38. The van der Waals surface area contributed by atoms with Gasteiger partial charge < -0.3 is 10.1 Å². The van der Waals surface area contributed by atoms with Crippen LogP contribution in [-0.4, -0.2) is 37.4 Å². The van der Waals surface area contributed by atoms with Crippen molar-refractivity contribution in [3.05, 3.63) is 59.4 Å². The van der Waals surface area contributed by atoms with Gasteiger partial charge in [-0.3, -0.25) is 10.1 Å². The zero-order valence-corrected chi connectivity index (χ0v) is 20.4. The zero-order valence-electron chi connectivity index (χ0n) is 18.7. The van der Waals surface area contributed by atoms with Crippen LogP contribution in [0.2, 0.25) is 0 Å². The molecule has 1 amide bonds. The monoisotopic (exact) mass is 480 g/mol. The molecule has 4 aromatic rings. The number of hydrogen-bond donors (Lipinski definition) is 2. The van der Waals surface area contributed by atoms with E-state index in [1.54, 1.807) is 22.7 Å². The van der Waals surface area contributed by atoms with E-state index in [0.29, 0.717) is 23.8 Å². The fraction of sp³-hybridized carbons (Fsp3) is 0.261. The Hall–Kier alpha value is -3.37. The van der Waals surface area contributed by atoms with Gasteiger partial charge in [0, 0.05) is 16.8 Å². The van der Waals surface area contributed by atoms with Gasteiger partial charge in [-0.1, -0.05) is 43.4 Å². The normalized spacial score (nSPS) is 11.1. The maximum atomic E-state index is 12.7. The Morgan fingerprint density at radius 2 is 2.00 bits per heavy atom. The second-order valence-electron chi connectivity index (χ2n) is 8.02. The minimum atomic E-state index is -0.305. The average molecular weight is 481 g/mol. The summed E-state index contributed by atoms with van der Waals surface area (Å²) in [5.41, 5.74) is 3.16. The van der Waals surface area contributed by atoms with E-state index in [2.05, 4.69) is 39.8 Å². The number of amides is 1. The quantitative estimate of drug-likeness (QED) is 0.389. The molecule has 0 radical (unpaired) electrons. The standard InChI is InChI=1S/C23H24N6O2S2/c1-13(2)12-31-18-7-5-6-16(10-18)20(30)25-22(32)24-19-11-17(9-8-14(19)3)21-28-29-15(4)26-27-23(29)33-21/h5-11,13H,12H2,1-4H3,(H2,24,25,30,32). The van der Waals surface area contributed by atoms with Crippen LogP contribution in [0.5, 0.6) is 5.75 Å². The number of aryl methyl sites for hydroxylation is 2. The molecule has 2 aromatic carbocycles. The van der Waals surface area contributed by atoms with Gasteiger partial charge in [-0.15, -0.1) is 10.2 Å². The lowest BCUT2D eigenvalue weighted by Gasteiger charge is -2.13. The zero-order chi connectivity index (χ0) is 23.5. The highest BCUT2D eigenvalue weighted by atomic mass is 32.1. The van der Waals surface area contributed by atoms with Crippen molar-refractivity contribution in [2.24, 2.45) is 5.92 Å². The third kappa shape index (κ3) is 5.35. The maximum absolute atomic E-state index is 12.7. The van der Waals surface area contributed by atoms with Crippen molar-refractivity contribution in [1.29, 1.82) is 0 Å². The van der Waals surface area contributed by atoms with Crippen LogP contribution in [0.3, 0.4) is 0 Å². The fourth-order valence-electron chi connectivity index (χ4n) is 3.04. The summed E-state index contributed by atoms with van der Waals surface area (Å²) in [4.78, 5) is 13.4. The molecule has 0 aliphatic rings. The summed E-state index contributed by atoms with van der Waals surface area (Å²) in [6.45, 7) is 8.56. The van der Waals surface area contributed by atoms with Crippen LogP contribution in [0.4, 0.5) is 5.69 Å². The summed E-state index contributed by atoms with van der Waals surface area (Å²) >= 11 is 6.85. The Morgan fingerprint density at radius 1 is 1.18 bits per heavy atom. The van der Waals surface area contributed by atoms with Gasteiger partial charge in [-0.05, 0) is 61.8 Å². The number of anilines is 1. The molecule has 2 aromatic heterocycles. The summed E-state index contributed by atoms with van der Waals surface area (Å²) in [6, 6.07) is 13.0. The molecule has 0 saturated heterocycles. The van der Waals surface area contributed by atoms with Crippen molar-refractivity contribution < 1.29 is 9.53 Å². The first-order valence-corrected chi connectivity index (χ1v) is 11.7. The number of carbonyl (C=O) groups excluding carboxylic acids is 1. The molecule has 0 atom stereocenters. The van der Waals surface area contributed by atoms with Gasteiger partial charge in [-0.2, -0.15) is 9.61 Å². The number of aromatic nitrogens is 4. The van der Waals surface area contributed by atoms with Crippen molar-refractivity contribution >= 4 is 45.2 Å². The molecule has 2 heterocycles. The predicted molar refractivity (Wildman–Crippen MR) is 134 cm³/mol. The molecule has 0 bridgehead atoms. The number of carbonyl (C=O) groups is 1. The van der Waals surface area contributed by atoms with E-state index in [1.165, 1.54) is 11.3 Å². The molecule has 0 fully saturated rings. The Labute approximate surface area is 201 Å². The SMILES string of the molecule is Cc1ccc(-c2nn3c(C)nnc3s2)cc1NC(=S)NC(=O)c1cccc(OCC(C)C)c1. The highest BCUT2D eigenvalue weighted by molar-refractivity contribution is 7.80. The largest absolute Gasteiger partial charge is 0.493 e. The highest BCUT2D eigenvalue weighted by Crippen LogP contribution is 2.29. The van der Waals surface area contributed by atoms with Crippen molar-refractivity contribution in [2.45, 2.75) is 27.7 Å². The molecular formula is C23H24N6O2S2. The van der Waals surface area contributed by atoms with Gasteiger partial charge in [0.05, 0.1) is 6.61 Å². The Bertz CT molecular complexity index is 1330. The number of hydrogen-bond acceptors (Lipinski definition) is 7. The minimum absolute atomic E-state index is 0.211. The Morgan fingerprint density at radius 3 is 2.76 bits per heavy atom. The van der Waals surface area contributed by atoms with E-state index >= 15 is 0 Å². The van der Waals surface area contributed by atoms with Crippen molar-refractivity contribution in [2.75, 3.05) is 11.9 Å². The van der Waals surface area contributed by atoms with Gasteiger partial charge >= 0.3 is 0 Å². The van der Waals surface area contributed by atoms with Gasteiger partial charge in [-0.25, -0.2) is 0 Å². The topological polar surface area (TPSA) is 93.4 Å². The molecule has 4 rings (SSSR count). The number of benzene rings is 2. The van der Waals surface area contributed by atoms with Gasteiger partial charge in [0.1, 0.15) is 10.8 Å². The lowest BCUT2D eigenvalue weighted by atomic mass is 10.1. The first-order chi connectivity index (χ1) is 15.8. The van der Waals surface area contributed by atoms with Gasteiger partial charge in [0.25, 0.3) is 5.91 Å². The van der Waals surface area contributed by atoms with Crippen LogP contribution in [0.25, 0.3) is 15.5 Å². The summed E-state index contributed by atoms with van der Waals surface area (Å²) < 4.78 is 7.43. The Kier molecular flexibility index (Phi) is 6.66. The van der Waals surface area contributed by atoms with E-state index < -0.39 is 0 Å². The molecule has 10 heteroatoms. The number of rotatable bonds is 6. The van der Waals surface area contributed by atoms with Crippen LogP contribution >= 0.6 is 23.6 Å². The van der Waals surface area contributed by atoms with E-state index in [0.717, 1.165) is 32.6 Å². The lowest BCUT2D eigenvalue weighted by Crippen LogP contribution is -2.34.